The van der Waals surface area contributed by atoms with Crippen molar-refractivity contribution < 1.29 is 46.1 Å². The highest BCUT2D eigenvalue weighted by atomic mass is 32.3. The molecule has 0 aliphatic carbocycles. The number of likely N-dealkylation sites (N-methyl/N-ethyl adjacent to an activating group) is 1. The zero-order chi connectivity index (χ0) is 29.0. The van der Waals surface area contributed by atoms with Gasteiger partial charge in [-0.2, -0.15) is 13.5 Å². The lowest BCUT2D eigenvalue weighted by Gasteiger charge is -2.29. The maximum absolute atomic E-state index is 12.1. The third-order valence-electron chi connectivity index (χ3n) is 7.49. The van der Waals surface area contributed by atoms with Crippen molar-refractivity contribution in [1.82, 2.24) is 36.0 Å². The molecule has 0 aromatic rings. The number of amides is 6. The normalized spacial score (nSPS) is 29.4. The lowest BCUT2D eigenvalue weighted by molar-refractivity contribution is -0.142. The van der Waals surface area contributed by atoms with Crippen LogP contribution in [0.4, 0.5) is 9.59 Å². The van der Waals surface area contributed by atoms with Crippen molar-refractivity contribution in [2.75, 3.05) is 46.4 Å². The van der Waals surface area contributed by atoms with Gasteiger partial charge in [0.05, 0.1) is 24.8 Å². The zero-order valence-corrected chi connectivity index (χ0v) is 22.9. The molecule has 5 rings (SSSR count). The molecule has 0 aromatic carbocycles. The molecule has 0 aromatic heterocycles. The first-order chi connectivity index (χ1) is 19.0. The molecule has 5 saturated heterocycles. The summed E-state index contributed by atoms with van der Waals surface area (Å²) < 4.78 is 34.3. The SMILES string of the molecule is CN1C(=O)N2CC1CCC2C(=O)NOC1CCNC1.NCCONC(=O)C1CCC2CN1C(=O)N2OS(=O)(=O)O. The monoisotopic (exact) mass is 592 g/mol. The summed E-state index contributed by atoms with van der Waals surface area (Å²) >= 11 is 0. The molecular formula is C21H36N8O10S. The van der Waals surface area contributed by atoms with Crippen molar-refractivity contribution in [2.24, 2.45) is 5.73 Å². The summed E-state index contributed by atoms with van der Waals surface area (Å²) in [6.07, 6.45) is 3.20. The Morgan fingerprint density at radius 1 is 1.00 bits per heavy atom. The molecule has 0 spiro atoms. The predicted octanol–water partition coefficient (Wildman–Crippen LogP) is -2.71. The standard InChI is InChI=1S/C12H20N4O3.C9H16N4O7S/c1-15-8-2-3-10(16(7-8)12(15)18)11(17)14-19-9-4-5-13-6-9;10-3-4-19-11-8(14)7-2-1-6-5-12(7)9(15)13(6)20-21(16,17)18/h8-10,13H,2-7H2,1H3,(H,14,17);6-7H,1-5,10H2,(H,11,14)(H,16,17,18). The van der Waals surface area contributed by atoms with Gasteiger partial charge >= 0.3 is 22.5 Å². The molecule has 226 valence electrons. The van der Waals surface area contributed by atoms with E-state index in [4.69, 9.17) is 20.0 Å². The van der Waals surface area contributed by atoms with Crippen LogP contribution in [0.1, 0.15) is 32.1 Å². The van der Waals surface area contributed by atoms with Crippen LogP contribution in [0.5, 0.6) is 0 Å². The number of carbonyl (C=O) groups excluding carboxylic acids is 4. The molecule has 5 unspecified atom stereocenters. The van der Waals surface area contributed by atoms with Gasteiger partial charge in [-0.05, 0) is 38.6 Å². The van der Waals surface area contributed by atoms with E-state index >= 15 is 0 Å². The number of nitrogens with zero attached hydrogens (tertiary/aromatic N) is 4. The molecule has 0 radical (unpaired) electrons. The quantitative estimate of drug-likeness (QED) is 0.105. The van der Waals surface area contributed by atoms with Gasteiger partial charge in [-0.1, -0.05) is 0 Å². The first-order valence-electron chi connectivity index (χ1n) is 13.1. The fourth-order valence-corrected chi connectivity index (χ4v) is 5.79. The second kappa shape index (κ2) is 12.8. The van der Waals surface area contributed by atoms with Crippen LogP contribution in [0.25, 0.3) is 0 Å². The molecule has 5 aliphatic rings. The summed E-state index contributed by atoms with van der Waals surface area (Å²) in [6.45, 7) is 2.82. The fourth-order valence-electron chi connectivity index (χ4n) is 5.40. The van der Waals surface area contributed by atoms with Crippen LogP contribution in [0.2, 0.25) is 0 Å². The van der Waals surface area contributed by atoms with Crippen molar-refractivity contribution >= 4 is 34.3 Å². The Hall–Kier alpha value is -2.81. The van der Waals surface area contributed by atoms with E-state index in [0.717, 1.165) is 25.9 Å². The summed E-state index contributed by atoms with van der Waals surface area (Å²) in [4.78, 5) is 62.8. The summed E-state index contributed by atoms with van der Waals surface area (Å²) in [7, 11) is -3.00. The Morgan fingerprint density at radius 2 is 1.62 bits per heavy atom. The van der Waals surface area contributed by atoms with Crippen LogP contribution in [-0.2, 0) is 33.9 Å². The fraction of sp³-hybridized carbons (Fsp3) is 0.810. The maximum atomic E-state index is 12.1. The van der Waals surface area contributed by atoms with E-state index in [-0.39, 0.29) is 49.8 Å². The Balaban J connectivity index is 0.000000186. The van der Waals surface area contributed by atoms with E-state index in [9.17, 15) is 27.6 Å². The topological polar surface area (TPSA) is 225 Å². The van der Waals surface area contributed by atoms with Gasteiger partial charge in [0.2, 0.25) is 0 Å². The lowest BCUT2D eigenvalue weighted by Crippen LogP contribution is -2.50. The predicted molar refractivity (Wildman–Crippen MR) is 134 cm³/mol. The number of hydrogen-bond donors (Lipinski definition) is 5. The molecule has 5 atom stereocenters. The van der Waals surface area contributed by atoms with E-state index < -0.39 is 34.4 Å². The molecule has 4 bridgehead atoms. The number of urea groups is 2. The highest BCUT2D eigenvalue weighted by Gasteiger charge is 2.49. The molecule has 18 nitrogen and oxygen atoms in total. The average Bonchev–Trinajstić information content (AvgIpc) is 3.58. The summed E-state index contributed by atoms with van der Waals surface area (Å²) in [5, 5.41) is 3.74. The van der Waals surface area contributed by atoms with Crippen LogP contribution < -0.4 is 22.0 Å². The largest absolute Gasteiger partial charge is 0.418 e. The lowest BCUT2D eigenvalue weighted by atomic mass is 10.0. The molecule has 0 saturated carbocycles. The van der Waals surface area contributed by atoms with Crippen molar-refractivity contribution in [2.45, 2.75) is 62.4 Å². The van der Waals surface area contributed by atoms with Crippen molar-refractivity contribution in [1.29, 1.82) is 0 Å². The number of nitrogens with two attached hydrogens (primary N) is 1. The van der Waals surface area contributed by atoms with Gasteiger partial charge in [0, 0.05) is 33.2 Å². The molecule has 5 fully saturated rings. The zero-order valence-electron chi connectivity index (χ0n) is 22.1. The van der Waals surface area contributed by atoms with Gasteiger partial charge in [0.25, 0.3) is 11.8 Å². The number of hydrogen-bond acceptors (Lipinski definition) is 11. The van der Waals surface area contributed by atoms with E-state index in [1.807, 2.05) is 0 Å². The third-order valence-corrected chi connectivity index (χ3v) is 7.84. The Bertz CT molecular complexity index is 1070. The van der Waals surface area contributed by atoms with E-state index in [1.165, 1.54) is 4.90 Å². The molecule has 19 heteroatoms. The van der Waals surface area contributed by atoms with Gasteiger partial charge in [-0.3, -0.25) is 23.8 Å². The minimum absolute atomic E-state index is 0.0391. The average molecular weight is 593 g/mol. The minimum atomic E-state index is -4.80. The Kier molecular flexibility index (Phi) is 9.64. The van der Waals surface area contributed by atoms with Gasteiger partial charge in [-0.15, -0.1) is 4.28 Å². The van der Waals surface area contributed by atoms with Crippen LogP contribution in [-0.4, -0.2) is 133 Å². The number of hydroxylamine groups is 4. The van der Waals surface area contributed by atoms with Crippen molar-refractivity contribution in [3.8, 4) is 0 Å². The molecule has 6 amide bonds. The molecular weight excluding hydrogens is 556 g/mol. The minimum Gasteiger partial charge on any atom is -0.328 e. The number of carbonyl (C=O) groups is 4. The molecule has 5 heterocycles. The summed E-state index contributed by atoms with van der Waals surface area (Å²) in [5.41, 5.74) is 9.91. The van der Waals surface area contributed by atoms with Crippen LogP contribution in [0.3, 0.4) is 0 Å². The first-order valence-corrected chi connectivity index (χ1v) is 14.4. The number of nitrogens with one attached hydrogen (secondary N) is 3. The molecule has 40 heavy (non-hydrogen) atoms. The van der Waals surface area contributed by atoms with E-state index in [1.54, 1.807) is 16.8 Å². The highest BCUT2D eigenvalue weighted by molar-refractivity contribution is 7.80. The van der Waals surface area contributed by atoms with Gasteiger partial charge in [0.1, 0.15) is 12.1 Å². The highest BCUT2D eigenvalue weighted by Crippen LogP contribution is 2.31. The smallest absolute Gasteiger partial charge is 0.328 e. The second-order valence-electron chi connectivity index (χ2n) is 10.1. The number of piperidine rings is 2. The maximum Gasteiger partial charge on any atom is 0.418 e. The van der Waals surface area contributed by atoms with Crippen molar-refractivity contribution in [3.05, 3.63) is 0 Å². The third kappa shape index (κ3) is 6.90. The van der Waals surface area contributed by atoms with E-state index in [0.29, 0.717) is 30.9 Å². The Morgan fingerprint density at radius 3 is 2.25 bits per heavy atom. The van der Waals surface area contributed by atoms with E-state index in [2.05, 4.69) is 20.6 Å². The number of rotatable bonds is 9. The molecule has 5 aliphatic heterocycles. The van der Waals surface area contributed by atoms with Crippen LogP contribution in [0, 0.1) is 0 Å². The summed E-state index contributed by atoms with van der Waals surface area (Å²) in [6, 6.07) is -2.30. The van der Waals surface area contributed by atoms with Crippen molar-refractivity contribution in [3.63, 3.8) is 0 Å². The van der Waals surface area contributed by atoms with Crippen LogP contribution in [0.15, 0.2) is 0 Å². The second-order valence-corrected chi connectivity index (χ2v) is 11.1. The number of fused-ring (bicyclic) bond motifs is 4. The summed E-state index contributed by atoms with van der Waals surface area (Å²) in [5.74, 6) is -0.724. The first kappa shape index (κ1) is 30.2. The van der Waals surface area contributed by atoms with Gasteiger partial charge in [0.15, 0.2) is 0 Å². The van der Waals surface area contributed by atoms with Gasteiger partial charge in [-0.25, -0.2) is 20.5 Å². The van der Waals surface area contributed by atoms with Crippen LogP contribution >= 0.6 is 0 Å². The Labute approximate surface area is 231 Å². The molecule has 6 N–H and O–H groups in total. The van der Waals surface area contributed by atoms with Gasteiger partial charge < -0.3 is 25.8 Å².